The minimum Gasteiger partial charge on any atom is -0.439 e. The maximum Gasteiger partial charge on any atom is 0.252 e. The quantitative estimate of drug-likeness (QED) is 0.792. The maximum absolute atomic E-state index is 10.9. The van der Waals surface area contributed by atoms with Gasteiger partial charge >= 0.3 is 0 Å². The van der Waals surface area contributed by atoms with Crippen LogP contribution in [-0.2, 0) is 0 Å². The van der Waals surface area contributed by atoms with Gasteiger partial charge in [0.2, 0.25) is 5.88 Å². The number of benzene rings is 1. The summed E-state index contributed by atoms with van der Waals surface area (Å²) in [5.41, 5.74) is 0.420. The second-order valence-corrected chi connectivity index (χ2v) is 3.99. The van der Waals surface area contributed by atoms with Crippen molar-refractivity contribution in [3.63, 3.8) is 0 Å². The molecule has 0 radical (unpaired) electrons. The molecule has 0 atom stereocenters. The van der Waals surface area contributed by atoms with Gasteiger partial charge in [-0.3, -0.25) is 4.79 Å². The standard InChI is InChI=1S/C12H7Cl2NO2/c13-9-3-6-11(15-7-9)17-10-4-1-8(2-5-10)12(14)16/h1-7H. The molecule has 17 heavy (non-hydrogen) atoms. The first kappa shape index (κ1) is 11.9. The Labute approximate surface area is 108 Å². The van der Waals surface area contributed by atoms with E-state index in [4.69, 9.17) is 27.9 Å². The highest BCUT2D eigenvalue weighted by molar-refractivity contribution is 6.67. The van der Waals surface area contributed by atoms with Gasteiger partial charge in [-0.25, -0.2) is 4.98 Å². The third-order valence-electron chi connectivity index (χ3n) is 2.00. The number of ether oxygens (including phenoxy) is 1. The fourth-order valence-electron chi connectivity index (χ4n) is 1.20. The molecule has 5 heteroatoms. The van der Waals surface area contributed by atoms with E-state index in [0.29, 0.717) is 22.2 Å². The molecule has 0 unspecified atom stereocenters. The molecule has 0 fully saturated rings. The average Bonchev–Trinajstić information content (AvgIpc) is 2.33. The molecule has 86 valence electrons. The van der Waals surface area contributed by atoms with Gasteiger partial charge in [-0.15, -0.1) is 0 Å². The summed E-state index contributed by atoms with van der Waals surface area (Å²) in [5, 5.41) is 0.0432. The van der Waals surface area contributed by atoms with Gasteiger partial charge in [0.05, 0.1) is 5.02 Å². The van der Waals surface area contributed by atoms with E-state index in [1.807, 2.05) is 0 Å². The topological polar surface area (TPSA) is 39.2 Å². The minimum absolute atomic E-state index is 0.420. The summed E-state index contributed by atoms with van der Waals surface area (Å²) in [6.45, 7) is 0. The highest BCUT2D eigenvalue weighted by atomic mass is 35.5. The van der Waals surface area contributed by atoms with Crippen molar-refractivity contribution in [2.24, 2.45) is 0 Å². The lowest BCUT2D eigenvalue weighted by atomic mass is 10.2. The summed E-state index contributed by atoms with van der Waals surface area (Å²) in [4.78, 5) is 14.8. The summed E-state index contributed by atoms with van der Waals surface area (Å²) >= 11 is 11.0. The van der Waals surface area contributed by atoms with Crippen LogP contribution in [0.1, 0.15) is 10.4 Å². The number of nitrogens with zero attached hydrogens (tertiary/aromatic N) is 1. The van der Waals surface area contributed by atoms with E-state index in [2.05, 4.69) is 4.98 Å². The van der Waals surface area contributed by atoms with Crippen LogP contribution in [0.3, 0.4) is 0 Å². The van der Waals surface area contributed by atoms with Crippen molar-refractivity contribution in [2.45, 2.75) is 0 Å². The molecule has 1 heterocycles. The third-order valence-corrected chi connectivity index (χ3v) is 2.45. The third kappa shape index (κ3) is 3.19. The van der Waals surface area contributed by atoms with E-state index in [1.54, 1.807) is 36.4 Å². The van der Waals surface area contributed by atoms with Crippen molar-refractivity contribution in [3.05, 3.63) is 53.2 Å². The number of carbonyl (C=O) groups excluding carboxylic acids is 1. The lowest BCUT2D eigenvalue weighted by Crippen LogP contribution is -1.90. The first-order chi connectivity index (χ1) is 8.15. The number of carbonyl (C=O) groups is 1. The van der Waals surface area contributed by atoms with E-state index in [0.717, 1.165) is 0 Å². The highest BCUT2D eigenvalue weighted by Gasteiger charge is 2.02. The van der Waals surface area contributed by atoms with Crippen LogP contribution in [0.5, 0.6) is 11.6 Å². The molecule has 0 saturated carbocycles. The Morgan fingerprint density at radius 3 is 2.35 bits per heavy atom. The molecule has 0 bridgehead atoms. The molecule has 0 saturated heterocycles. The number of hydrogen-bond acceptors (Lipinski definition) is 3. The Kier molecular flexibility index (Phi) is 3.61. The first-order valence-corrected chi connectivity index (χ1v) is 5.50. The molecule has 0 aliphatic rings. The predicted octanol–water partition coefficient (Wildman–Crippen LogP) is 3.91. The van der Waals surface area contributed by atoms with Gasteiger partial charge in [0.1, 0.15) is 5.75 Å². The largest absolute Gasteiger partial charge is 0.439 e. The number of aromatic nitrogens is 1. The van der Waals surface area contributed by atoms with Gasteiger partial charge in [0.15, 0.2) is 0 Å². The molecular weight excluding hydrogens is 261 g/mol. The zero-order valence-electron chi connectivity index (χ0n) is 8.56. The van der Waals surface area contributed by atoms with Crippen molar-refractivity contribution < 1.29 is 9.53 Å². The Morgan fingerprint density at radius 1 is 1.12 bits per heavy atom. The van der Waals surface area contributed by atoms with Crippen molar-refractivity contribution >= 4 is 28.4 Å². The summed E-state index contributed by atoms with van der Waals surface area (Å²) in [7, 11) is 0. The van der Waals surface area contributed by atoms with Crippen molar-refractivity contribution in [3.8, 4) is 11.6 Å². The smallest absolute Gasteiger partial charge is 0.252 e. The van der Waals surface area contributed by atoms with Crippen molar-refractivity contribution in [2.75, 3.05) is 0 Å². The summed E-state index contributed by atoms with van der Waals surface area (Å²) in [5.74, 6) is 1.00. The molecular formula is C12H7Cl2NO2. The molecule has 3 nitrogen and oxygen atoms in total. The molecule has 2 rings (SSSR count). The molecule has 1 aromatic heterocycles. The molecule has 0 aliphatic carbocycles. The molecule has 1 aromatic carbocycles. The maximum atomic E-state index is 10.9. The second-order valence-electron chi connectivity index (χ2n) is 3.21. The van der Waals surface area contributed by atoms with E-state index in [-0.39, 0.29) is 0 Å². The molecule has 0 aliphatic heterocycles. The SMILES string of the molecule is O=C(Cl)c1ccc(Oc2ccc(Cl)cn2)cc1. The lowest BCUT2D eigenvalue weighted by molar-refractivity contribution is 0.108. The minimum atomic E-state index is -0.499. The lowest BCUT2D eigenvalue weighted by Gasteiger charge is -2.04. The van der Waals surface area contributed by atoms with Gasteiger partial charge in [0, 0.05) is 17.8 Å². The molecule has 0 N–H and O–H groups in total. The summed E-state index contributed by atoms with van der Waals surface area (Å²) in [6, 6.07) is 9.79. The summed E-state index contributed by atoms with van der Waals surface area (Å²) < 4.78 is 5.44. The van der Waals surface area contributed by atoms with Gasteiger partial charge < -0.3 is 4.74 Å². The molecule has 0 spiro atoms. The van der Waals surface area contributed by atoms with E-state index < -0.39 is 5.24 Å². The average molecular weight is 268 g/mol. The van der Waals surface area contributed by atoms with Gasteiger partial charge in [-0.2, -0.15) is 0 Å². The Bertz CT molecular complexity index is 523. The monoisotopic (exact) mass is 267 g/mol. The Hall–Kier alpha value is -1.58. The van der Waals surface area contributed by atoms with Crippen molar-refractivity contribution in [1.29, 1.82) is 0 Å². The molecule has 2 aromatic rings. The van der Waals surface area contributed by atoms with Crippen LogP contribution >= 0.6 is 23.2 Å². The molecule has 0 amide bonds. The zero-order valence-corrected chi connectivity index (χ0v) is 10.1. The van der Waals surface area contributed by atoms with Gasteiger partial charge in [-0.05, 0) is 41.9 Å². The Morgan fingerprint density at radius 2 is 1.82 bits per heavy atom. The number of rotatable bonds is 3. The van der Waals surface area contributed by atoms with E-state index >= 15 is 0 Å². The van der Waals surface area contributed by atoms with Crippen LogP contribution in [0.25, 0.3) is 0 Å². The number of hydrogen-bond donors (Lipinski definition) is 0. The van der Waals surface area contributed by atoms with Crippen LogP contribution in [0, 0.1) is 0 Å². The number of halogens is 2. The van der Waals surface area contributed by atoms with Crippen LogP contribution in [0.15, 0.2) is 42.6 Å². The zero-order chi connectivity index (χ0) is 12.3. The highest BCUT2D eigenvalue weighted by Crippen LogP contribution is 2.21. The number of pyridine rings is 1. The fourth-order valence-corrected chi connectivity index (χ4v) is 1.44. The summed E-state index contributed by atoms with van der Waals surface area (Å²) in [6.07, 6.45) is 1.49. The predicted molar refractivity (Wildman–Crippen MR) is 65.9 cm³/mol. The van der Waals surface area contributed by atoms with E-state index in [9.17, 15) is 4.79 Å². The normalized spacial score (nSPS) is 10.0. The van der Waals surface area contributed by atoms with E-state index in [1.165, 1.54) is 6.20 Å². The van der Waals surface area contributed by atoms with Crippen molar-refractivity contribution in [1.82, 2.24) is 4.98 Å². The first-order valence-electron chi connectivity index (χ1n) is 4.74. The second kappa shape index (κ2) is 5.17. The van der Waals surface area contributed by atoms with Crippen LogP contribution in [0.2, 0.25) is 5.02 Å². The van der Waals surface area contributed by atoms with Crippen LogP contribution in [-0.4, -0.2) is 10.2 Å². The van der Waals surface area contributed by atoms with Gasteiger partial charge in [-0.1, -0.05) is 11.6 Å². The van der Waals surface area contributed by atoms with Gasteiger partial charge in [0.25, 0.3) is 5.24 Å². The van der Waals surface area contributed by atoms with Crippen LogP contribution < -0.4 is 4.74 Å². The van der Waals surface area contributed by atoms with Crippen LogP contribution in [0.4, 0.5) is 0 Å². The fraction of sp³-hybridized carbons (Fsp3) is 0. The Balaban J connectivity index is 2.13.